The first kappa shape index (κ1) is 17.0. The lowest BCUT2D eigenvalue weighted by Crippen LogP contribution is -2.15. The zero-order valence-corrected chi connectivity index (χ0v) is 13.7. The lowest BCUT2D eigenvalue weighted by molar-refractivity contribution is 0.0599. The second-order valence-corrected chi connectivity index (χ2v) is 4.99. The third-order valence-electron chi connectivity index (χ3n) is 3.03. The van der Waals surface area contributed by atoms with Gasteiger partial charge in [0.1, 0.15) is 28.7 Å². The van der Waals surface area contributed by atoms with Crippen LogP contribution in [-0.4, -0.2) is 42.1 Å². The number of allylic oxidation sites excluding steroid dienone is 1. The highest BCUT2D eigenvalue weighted by Gasteiger charge is 2.16. The molecule has 9 heteroatoms. The van der Waals surface area contributed by atoms with Crippen LogP contribution in [0.5, 0.6) is 0 Å². The van der Waals surface area contributed by atoms with Crippen LogP contribution in [0.15, 0.2) is 10.5 Å². The highest BCUT2D eigenvalue weighted by Crippen LogP contribution is 2.21. The summed E-state index contributed by atoms with van der Waals surface area (Å²) in [5.74, 6) is 0.598. The van der Waals surface area contributed by atoms with Crippen LogP contribution in [0.2, 0.25) is 0 Å². The first-order valence-corrected chi connectivity index (χ1v) is 6.85. The highest BCUT2D eigenvalue weighted by molar-refractivity contribution is 5.92. The number of hydrogen-bond acceptors (Lipinski definition) is 9. The van der Waals surface area contributed by atoms with Crippen LogP contribution in [0.25, 0.3) is 11.6 Å². The number of methoxy groups -OCH3 is 1. The number of nitrogen functional groups attached to an aromatic ring is 1. The van der Waals surface area contributed by atoms with Gasteiger partial charge in [-0.2, -0.15) is 20.2 Å². The molecule has 24 heavy (non-hydrogen) atoms. The van der Waals surface area contributed by atoms with E-state index in [0.717, 1.165) is 0 Å². The minimum absolute atomic E-state index is 0.00396. The number of aryl methyl sites for hydroxylation is 1. The zero-order valence-electron chi connectivity index (χ0n) is 13.7. The molecular weight excluding hydrogens is 312 g/mol. The molecule has 2 aromatic heterocycles. The van der Waals surface area contributed by atoms with Crippen molar-refractivity contribution in [3.05, 3.63) is 29.0 Å². The van der Waals surface area contributed by atoms with Gasteiger partial charge in [-0.25, -0.2) is 4.79 Å². The summed E-state index contributed by atoms with van der Waals surface area (Å²) in [4.78, 5) is 25.4. The molecule has 0 amide bonds. The Hall–Kier alpha value is -3.41. The molecule has 0 fully saturated rings. The van der Waals surface area contributed by atoms with Crippen molar-refractivity contribution in [2.75, 3.05) is 31.8 Å². The summed E-state index contributed by atoms with van der Waals surface area (Å²) in [6, 6.07) is 3.47. The van der Waals surface area contributed by atoms with E-state index in [0.29, 0.717) is 17.5 Å². The number of rotatable bonds is 4. The van der Waals surface area contributed by atoms with E-state index in [-0.39, 0.29) is 22.9 Å². The molecule has 0 aromatic carbocycles. The second kappa shape index (κ2) is 6.78. The minimum atomic E-state index is -0.520. The molecule has 0 saturated carbocycles. The lowest BCUT2D eigenvalue weighted by Gasteiger charge is -2.10. The van der Waals surface area contributed by atoms with E-state index in [1.165, 1.54) is 19.3 Å². The Labute approximate surface area is 138 Å². The van der Waals surface area contributed by atoms with Crippen LogP contribution in [0.4, 0.5) is 11.9 Å². The number of esters is 1. The molecule has 0 radical (unpaired) electrons. The van der Waals surface area contributed by atoms with Crippen molar-refractivity contribution in [3.8, 4) is 6.07 Å². The van der Waals surface area contributed by atoms with Gasteiger partial charge in [-0.05, 0) is 13.0 Å². The molecule has 0 aliphatic heterocycles. The predicted octanol–water partition coefficient (Wildman–Crippen LogP) is 1.27. The minimum Gasteiger partial charge on any atom is -0.465 e. The molecule has 0 bridgehead atoms. The van der Waals surface area contributed by atoms with Crippen molar-refractivity contribution in [2.45, 2.75) is 6.92 Å². The fourth-order valence-electron chi connectivity index (χ4n) is 1.88. The Bertz CT molecular complexity index is 847. The summed E-state index contributed by atoms with van der Waals surface area (Å²) in [7, 11) is 4.76. The predicted molar refractivity (Wildman–Crippen MR) is 86.8 cm³/mol. The number of carbonyl (C=O) groups excluding carboxylic acids is 1. The topological polar surface area (TPSA) is 131 Å². The third kappa shape index (κ3) is 3.49. The molecule has 2 aromatic rings. The Morgan fingerprint density at radius 1 is 1.42 bits per heavy atom. The zero-order chi connectivity index (χ0) is 17.9. The summed E-state index contributed by atoms with van der Waals surface area (Å²) < 4.78 is 10.1. The summed E-state index contributed by atoms with van der Waals surface area (Å²) in [5.41, 5.74) is 6.06. The number of nitriles is 1. The van der Waals surface area contributed by atoms with E-state index in [1.807, 2.05) is 6.07 Å². The van der Waals surface area contributed by atoms with E-state index in [1.54, 1.807) is 25.9 Å². The number of aromatic nitrogens is 3. The molecule has 0 unspecified atom stereocenters. The average molecular weight is 328 g/mol. The van der Waals surface area contributed by atoms with E-state index in [9.17, 15) is 10.1 Å². The van der Waals surface area contributed by atoms with Gasteiger partial charge in [-0.3, -0.25) is 0 Å². The van der Waals surface area contributed by atoms with Gasteiger partial charge in [0.25, 0.3) is 0 Å². The quantitative estimate of drug-likeness (QED) is 0.651. The molecule has 124 valence electrons. The molecule has 0 aliphatic rings. The van der Waals surface area contributed by atoms with E-state index in [4.69, 9.17) is 10.2 Å². The Morgan fingerprint density at radius 3 is 2.71 bits per heavy atom. The van der Waals surface area contributed by atoms with Crippen molar-refractivity contribution < 1.29 is 13.9 Å². The largest absolute Gasteiger partial charge is 0.465 e. The van der Waals surface area contributed by atoms with Crippen molar-refractivity contribution in [3.63, 3.8) is 0 Å². The average Bonchev–Trinajstić information content (AvgIpc) is 2.91. The number of furan rings is 1. The molecular formula is C15H16N6O3. The maximum Gasteiger partial charge on any atom is 0.341 e. The molecule has 2 rings (SSSR count). The molecule has 0 atom stereocenters. The maximum atomic E-state index is 11.6. The highest BCUT2D eigenvalue weighted by atomic mass is 16.5. The number of ether oxygens (including phenoxy) is 1. The van der Waals surface area contributed by atoms with Gasteiger partial charge in [-0.1, -0.05) is 0 Å². The lowest BCUT2D eigenvalue weighted by atomic mass is 10.2. The first-order valence-electron chi connectivity index (χ1n) is 6.85. The SMILES string of the molecule is COC(=O)c1cc(/C=C(\C#N)c2nc(N)nc(N(C)C)n2)oc1C. The van der Waals surface area contributed by atoms with Crippen LogP contribution < -0.4 is 10.6 Å². The fraction of sp³-hybridized carbons (Fsp3) is 0.267. The number of hydrogen-bond donors (Lipinski definition) is 1. The molecule has 2 N–H and O–H groups in total. The van der Waals surface area contributed by atoms with E-state index < -0.39 is 5.97 Å². The van der Waals surface area contributed by atoms with Crippen LogP contribution in [0, 0.1) is 18.3 Å². The Balaban J connectivity index is 2.48. The number of anilines is 2. The smallest absolute Gasteiger partial charge is 0.341 e. The fourth-order valence-corrected chi connectivity index (χ4v) is 1.88. The summed E-state index contributed by atoms with van der Waals surface area (Å²) in [5, 5.41) is 9.39. The van der Waals surface area contributed by atoms with Crippen molar-refractivity contribution in [1.29, 1.82) is 5.26 Å². The van der Waals surface area contributed by atoms with Crippen LogP contribution in [-0.2, 0) is 4.74 Å². The number of nitrogens with two attached hydrogens (primary N) is 1. The van der Waals surface area contributed by atoms with Crippen molar-refractivity contribution in [1.82, 2.24) is 15.0 Å². The molecule has 0 spiro atoms. The molecule has 2 heterocycles. The Morgan fingerprint density at radius 2 is 2.12 bits per heavy atom. The summed E-state index contributed by atoms with van der Waals surface area (Å²) in [6.45, 7) is 1.63. The van der Waals surface area contributed by atoms with Gasteiger partial charge >= 0.3 is 5.97 Å². The Kier molecular flexibility index (Phi) is 4.79. The maximum absolute atomic E-state index is 11.6. The molecule has 9 nitrogen and oxygen atoms in total. The van der Waals surface area contributed by atoms with Crippen LogP contribution in [0.3, 0.4) is 0 Å². The number of nitrogens with zero attached hydrogens (tertiary/aromatic N) is 5. The number of carbonyl (C=O) groups is 1. The van der Waals surface area contributed by atoms with Crippen LogP contribution >= 0.6 is 0 Å². The van der Waals surface area contributed by atoms with Crippen molar-refractivity contribution in [2.24, 2.45) is 0 Å². The standard InChI is InChI=1S/C15H16N6O3/c1-8-11(13(22)23-4)6-10(24-8)5-9(7-16)12-18-14(17)20-15(19-12)21(2)3/h5-6H,1-4H3,(H2,17,18,19,20)/b9-5+. The first-order chi connectivity index (χ1) is 11.3. The van der Waals surface area contributed by atoms with E-state index >= 15 is 0 Å². The van der Waals surface area contributed by atoms with Gasteiger partial charge < -0.3 is 19.8 Å². The van der Waals surface area contributed by atoms with Gasteiger partial charge in [0.2, 0.25) is 11.9 Å². The van der Waals surface area contributed by atoms with Gasteiger partial charge in [-0.15, -0.1) is 0 Å². The monoisotopic (exact) mass is 328 g/mol. The summed E-state index contributed by atoms with van der Waals surface area (Å²) >= 11 is 0. The normalized spacial score (nSPS) is 11.0. The van der Waals surface area contributed by atoms with Gasteiger partial charge in [0.15, 0.2) is 5.82 Å². The van der Waals surface area contributed by atoms with Gasteiger partial charge in [0.05, 0.1) is 7.11 Å². The third-order valence-corrected chi connectivity index (χ3v) is 3.03. The van der Waals surface area contributed by atoms with Crippen LogP contribution in [0.1, 0.15) is 27.7 Å². The summed E-state index contributed by atoms with van der Waals surface area (Å²) in [6.07, 6.45) is 1.42. The van der Waals surface area contributed by atoms with Crippen molar-refractivity contribution >= 4 is 29.5 Å². The van der Waals surface area contributed by atoms with Gasteiger partial charge in [0, 0.05) is 20.2 Å². The molecule has 0 aliphatic carbocycles. The molecule has 0 saturated heterocycles. The second-order valence-electron chi connectivity index (χ2n) is 4.99. The van der Waals surface area contributed by atoms with E-state index in [2.05, 4.69) is 19.7 Å².